The van der Waals surface area contributed by atoms with Gasteiger partial charge in [0.05, 0.1) is 0 Å². The molecule has 0 saturated carbocycles. The summed E-state index contributed by atoms with van der Waals surface area (Å²) < 4.78 is 10.7. The number of fused-ring (bicyclic) bond motifs is 1. The predicted octanol–water partition coefficient (Wildman–Crippen LogP) is 2.68. The van der Waals surface area contributed by atoms with E-state index in [2.05, 4.69) is 0 Å². The molecule has 3 heterocycles. The number of ether oxygens (including phenoxy) is 2. The van der Waals surface area contributed by atoms with Crippen molar-refractivity contribution in [1.29, 1.82) is 0 Å². The van der Waals surface area contributed by atoms with E-state index < -0.39 is 0 Å². The monoisotopic (exact) mass is 370 g/mol. The first-order chi connectivity index (χ1) is 13.2. The van der Waals surface area contributed by atoms with Crippen LogP contribution in [-0.2, 0) is 9.59 Å². The standard InChI is InChI=1S/C21H26N2O4/c24-20(7-5-16-4-6-18-19(14-16)27-15-26-18)22-12-8-17(9-13-22)21(25)23-10-2-1-3-11-23/h4-7,14,17H,1-3,8-13,15H2/b7-5+. The van der Waals surface area contributed by atoms with Crippen LogP contribution in [-0.4, -0.2) is 54.6 Å². The van der Waals surface area contributed by atoms with Gasteiger partial charge in [0.1, 0.15) is 0 Å². The molecule has 2 amide bonds. The summed E-state index contributed by atoms with van der Waals surface area (Å²) in [6.07, 6.45) is 8.39. The molecule has 0 bridgehead atoms. The third-order valence-electron chi connectivity index (χ3n) is 5.64. The topological polar surface area (TPSA) is 59.1 Å². The Morgan fingerprint density at radius 2 is 1.67 bits per heavy atom. The fraction of sp³-hybridized carbons (Fsp3) is 0.524. The van der Waals surface area contributed by atoms with E-state index in [1.165, 1.54) is 6.42 Å². The number of hydrogen-bond acceptors (Lipinski definition) is 4. The second-order valence-electron chi connectivity index (χ2n) is 7.43. The molecule has 3 aliphatic heterocycles. The van der Waals surface area contributed by atoms with Crippen LogP contribution >= 0.6 is 0 Å². The molecule has 0 aliphatic carbocycles. The Bertz CT molecular complexity index is 732. The van der Waals surface area contributed by atoms with E-state index in [1.807, 2.05) is 28.0 Å². The lowest BCUT2D eigenvalue weighted by Crippen LogP contribution is -2.45. The SMILES string of the molecule is O=C(/C=C/c1ccc2c(c1)OCO2)N1CCC(C(=O)N2CCCCC2)CC1. The predicted molar refractivity (Wildman–Crippen MR) is 101 cm³/mol. The molecule has 144 valence electrons. The summed E-state index contributed by atoms with van der Waals surface area (Å²) in [7, 11) is 0. The van der Waals surface area contributed by atoms with E-state index in [0.29, 0.717) is 18.8 Å². The molecule has 2 saturated heterocycles. The van der Waals surface area contributed by atoms with Crippen molar-refractivity contribution >= 4 is 17.9 Å². The lowest BCUT2D eigenvalue weighted by atomic mass is 9.94. The Kier molecular flexibility index (Phi) is 5.32. The van der Waals surface area contributed by atoms with Crippen LogP contribution < -0.4 is 9.47 Å². The summed E-state index contributed by atoms with van der Waals surface area (Å²) in [6, 6.07) is 5.63. The molecule has 0 N–H and O–H groups in total. The zero-order valence-electron chi connectivity index (χ0n) is 15.6. The average Bonchev–Trinajstić information content (AvgIpc) is 3.20. The zero-order chi connectivity index (χ0) is 18.6. The van der Waals surface area contributed by atoms with E-state index in [1.54, 1.807) is 12.2 Å². The Balaban J connectivity index is 1.29. The van der Waals surface area contributed by atoms with Crippen molar-refractivity contribution in [3.8, 4) is 11.5 Å². The Hall–Kier alpha value is -2.50. The molecule has 0 atom stereocenters. The van der Waals surface area contributed by atoms with E-state index >= 15 is 0 Å². The number of rotatable bonds is 3. The van der Waals surface area contributed by atoms with Crippen LogP contribution in [0.4, 0.5) is 0 Å². The van der Waals surface area contributed by atoms with Crippen LogP contribution in [0.1, 0.15) is 37.7 Å². The molecule has 2 fully saturated rings. The molecule has 0 spiro atoms. The van der Waals surface area contributed by atoms with Crippen LogP contribution in [0.25, 0.3) is 6.08 Å². The first-order valence-corrected chi connectivity index (χ1v) is 9.86. The van der Waals surface area contributed by atoms with Crippen LogP contribution in [0.5, 0.6) is 11.5 Å². The molecule has 1 aromatic carbocycles. The van der Waals surface area contributed by atoms with E-state index in [-0.39, 0.29) is 24.5 Å². The summed E-state index contributed by atoms with van der Waals surface area (Å²) in [6.45, 7) is 3.34. The number of amides is 2. The molecular formula is C21H26N2O4. The van der Waals surface area contributed by atoms with Crippen molar-refractivity contribution < 1.29 is 19.1 Å². The smallest absolute Gasteiger partial charge is 0.246 e. The largest absolute Gasteiger partial charge is 0.454 e. The lowest BCUT2D eigenvalue weighted by molar-refractivity contribution is -0.140. The summed E-state index contributed by atoms with van der Waals surface area (Å²) in [5.41, 5.74) is 0.905. The number of hydrogen-bond donors (Lipinski definition) is 0. The fourth-order valence-corrected chi connectivity index (χ4v) is 4.01. The number of benzene rings is 1. The van der Waals surface area contributed by atoms with Crippen molar-refractivity contribution in [3.05, 3.63) is 29.8 Å². The fourth-order valence-electron chi connectivity index (χ4n) is 4.01. The molecule has 4 rings (SSSR count). The maximum absolute atomic E-state index is 12.6. The Morgan fingerprint density at radius 1 is 0.926 bits per heavy atom. The van der Waals surface area contributed by atoms with E-state index in [0.717, 1.165) is 50.1 Å². The number of carbonyl (C=O) groups excluding carboxylic acids is 2. The Morgan fingerprint density at radius 3 is 2.44 bits per heavy atom. The first kappa shape index (κ1) is 17.9. The molecule has 6 heteroatoms. The second-order valence-corrected chi connectivity index (χ2v) is 7.43. The zero-order valence-corrected chi connectivity index (χ0v) is 15.6. The van der Waals surface area contributed by atoms with Crippen LogP contribution in [0, 0.1) is 5.92 Å². The summed E-state index contributed by atoms with van der Waals surface area (Å²) in [4.78, 5) is 28.9. The highest BCUT2D eigenvalue weighted by Crippen LogP contribution is 2.32. The average molecular weight is 370 g/mol. The number of nitrogens with zero attached hydrogens (tertiary/aromatic N) is 2. The van der Waals surface area contributed by atoms with Crippen molar-refractivity contribution in [2.45, 2.75) is 32.1 Å². The quantitative estimate of drug-likeness (QED) is 0.768. The van der Waals surface area contributed by atoms with Gasteiger partial charge in [0, 0.05) is 38.2 Å². The molecule has 0 unspecified atom stereocenters. The number of likely N-dealkylation sites (tertiary alicyclic amines) is 2. The van der Waals surface area contributed by atoms with Gasteiger partial charge in [-0.15, -0.1) is 0 Å². The highest BCUT2D eigenvalue weighted by atomic mass is 16.7. The van der Waals surface area contributed by atoms with E-state index in [9.17, 15) is 9.59 Å². The minimum atomic E-state index is -0.00321. The molecule has 3 aliphatic rings. The highest BCUT2D eigenvalue weighted by molar-refractivity contribution is 5.92. The summed E-state index contributed by atoms with van der Waals surface area (Å²) in [5.74, 6) is 1.81. The minimum Gasteiger partial charge on any atom is -0.454 e. The second kappa shape index (κ2) is 8.03. The molecule has 1 aromatic rings. The third kappa shape index (κ3) is 4.10. The van der Waals surface area contributed by atoms with Crippen LogP contribution in [0.3, 0.4) is 0 Å². The minimum absolute atomic E-state index is 0.00321. The molecule has 6 nitrogen and oxygen atoms in total. The van der Waals surface area contributed by atoms with Crippen molar-refractivity contribution in [1.82, 2.24) is 9.80 Å². The van der Waals surface area contributed by atoms with Gasteiger partial charge < -0.3 is 19.3 Å². The first-order valence-electron chi connectivity index (χ1n) is 9.86. The van der Waals surface area contributed by atoms with Gasteiger partial charge in [0.25, 0.3) is 0 Å². The molecular weight excluding hydrogens is 344 g/mol. The van der Waals surface area contributed by atoms with Gasteiger partial charge in [0.2, 0.25) is 18.6 Å². The van der Waals surface area contributed by atoms with Crippen molar-refractivity contribution in [2.24, 2.45) is 5.92 Å². The normalized spacial score (nSPS) is 20.3. The van der Waals surface area contributed by atoms with Gasteiger partial charge in [-0.05, 0) is 55.9 Å². The van der Waals surface area contributed by atoms with Crippen molar-refractivity contribution in [2.75, 3.05) is 33.0 Å². The summed E-state index contributed by atoms with van der Waals surface area (Å²) in [5, 5.41) is 0. The molecule has 27 heavy (non-hydrogen) atoms. The van der Waals surface area contributed by atoms with Gasteiger partial charge in [0.15, 0.2) is 11.5 Å². The lowest BCUT2D eigenvalue weighted by Gasteiger charge is -2.35. The van der Waals surface area contributed by atoms with Gasteiger partial charge in [-0.3, -0.25) is 9.59 Å². The van der Waals surface area contributed by atoms with Crippen molar-refractivity contribution in [3.63, 3.8) is 0 Å². The van der Waals surface area contributed by atoms with Gasteiger partial charge in [-0.2, -0.15) is 0 Å². The molecule has 0 aromatic heterocycles. The Labute approximate surface area is 159 Å². The highest BCUT2D eigenvalue weighted by Gasteiger charge is 2.30. The number of piperidine rings is 2. The number of carbonyl (C=O) groups is 2. The summed E-state index contributed by atoms with van der Waals surface area (Å²) >= 11 is 0. The molecule has 0 radical (unpaired) electrons. The third-order valence-corrected chi connectivity index (χ3v) is 5.64. The van der Waals surface area contributed by atoms with Gasteiger partial charge in [-0.1, -0.05) is 6.07 Å². The van der Waals surface area contributed by atoms with Gasteiger partial charge in [-0.25, -0.2) is 0 Å². The van der Waals surface area contributed by atoms with Crippen LogP contribution in [0.2, 0.25) is 0 Å². The van der Waals surface area contributed by atoms with Gasteiger partial charge >= 0.3 is 0 Å². The van der Waals surface area contributed by atoms with Crippen LogP contribution in [0.15, 0.2) is 24.3 Å². The maximum Gasteiger partial charge on any atom is 0.246 e. The van der Waals surface area contributed by atoms with E-state index in [4.69, 9.17) is 9.47 Å². The maximum atomic E-state index is 12.6.